The van der Waals surface area contributed by atoms with E-state index in [1.54, 1.807) is 13.8 Å². The molecule has 4 aromatic carbocycles. The van der Waals surface area contributed by atoms with Crippen LogP contribution in [0.15, 0.2) is 106 Å². The van der Waals surface area contributed by atoms with E-state index >= 15 is 0 Å². The molecule has 9 rings (SSSR count). The maximum absolute atomic E-state index is 12.8. The van der Waals surface area contributed by atoms with Crippen LogP contribution in [-0.4, -0.2) is 46.8 Å². The highest BCUT2D eigenvalue weighted by molar-refractivity contribution is 6.39. The van der Waals surface area contributed by atoms with Gasteiger partial charge >= 0.3 is 0 Å². The monoisotopic (exact) mass is 857 g/mol. The Labute approximate surface area is 362 Å². The molecule has 0 atom stereocenters. The van der Waals surface area contributed by atoms with Crippen molar-refractivity contribution < 1.29 is 18.6 Å². The number of carbonyl (C=O) groups excluding carboxylic acids is 2. The van der Waals surface area contributed by atoms with Crippen molar-refractivity contribution in [3.63, 3.8) is 0 Å². The second kappa shape index (κ2) is 17.4. The Kier molecular flexibility index (Phi) is 11.8. The number of nitrogens with two attached hydrogens (primary N) is 1. The molecule has 15 heteroatoms. The van der Waals surface area contributed by atoms with Gasteiger partial charge in [-0.15, -0.1) is 0 Å². The number of aromatic nitrogens is 6. The van der Waals surface area contributed by atoms with Crippen LogP contribution < -0.4 is 16.4 Å². The van der Waals surface area contributed by atoms with Crippen molar-refractivity contribution in [2.45, 2.75) is 72.0 Å². The predicted molar refractivity (Wildman–Crippen MR) is 237 cm³/mol. The predicted octanol–water partition coefficient (Wildman–Crippen LogP) is 9.44. The number of halogens is 2. The molecule has 4 heterocycles. The average molecular weight is 859 g/mol. The first-order valence-electron chi connectivity index (χ1n) is 20.1. The van der Waals surface area contributed by atoms with Gasteiger partial charge < -0.3 is 34.5 Å². The lowest BCUT2D eigenvalue weighted by Gasteiger charge is -2.18. The lowest BCUT2D eigenvalue weighted by molar-refractivity contribution is -0.130. The summed E-state index contributed by atoms with van der Waals surface area (Å²) in [5.41, 5.74) is 12.1. The van der Waals surface area contributed by atoms with E-state index < -0.39 is 5.54 Å². The van der Waals surface area contributed by atoms with Crippen molar-refractivity contribution >= 4 is 56.8 Å². The molecule has 0 radical (unpaired) electrons. The molecule has 1 fully saturated rings. The Bertz CT molecular complexity index is 2850. The molecule has 312 valence electrons. The highest BCUT2D eigenvalue weighted by atomic mass is 35.5. The van der Waals surface area contributed by atoms with Gasteiger partial charge in [-0.05, 0) is 72.7 Å². The zero-order valence-electron chi connectivity index (χ0n) is 34.2. The zero-order valence-corrected chi connectivity index (χ0v) is 35.7. The van der Waals surface area contributed by atoms with Gasteiger partial charge in [0.1, 0.15) is 16.9 Å². The molecule has 0 aliphatic heterocycles. The topological polar surface area (TPSA) is 172 Å². The summed E-state index contributed by atoms with van der Waals surface area (Å²) in [6.07, 6.45) is 2.60. The Morgan fingerprint density at radius 3 is 1.64 bits per heavy atom. The minimum atomic E-state index is -0.758. The van der Waals surface area contributed by atoms with E-state index in [2.05, 4.69) is 44.8 Å². The molecular weight excluding hydrogens is 813 g/mol. The van der Waals surface area contributed by atoms with Crippen LogP contribution in [-0.2, 0) is 22.7 Å². The van der Waals surface area contributed by atoms with Crippen molar-refractivity contribution in [1.82, 2.24) is 40.0 Å². The Morgan fingerprint density at radius 2 is 1.21 bits per heavy atom. The van der Waals surface area contributed by atoms with Gasteiger partial charge in [-0.2, -0.15) is 9.97 Å². The van der Waals surface area contributed by atoms with Crippen molar-refractivity contribution in [2.24, 2.45) is 11.7 Å². The summed E-state index contributed by atoms with van der Waals surface area (Å²) in [7, 11) is 0. The van der Waals surface area contributed by atoms with Crippen molar-refractivity contribution in [2.75, 3.05) is 0 Å². The lowest BCUT2D eigenvalue weighted by Crippen LogP contribution is -2.48. The molecule has 1 saturated carbocycles. The first-order valence-corrected chi connectivity index (χ1v) is 20.9. The van der Waals surface area contributed by atoms with Gasteiger partial charge in [-0.3, -0.25) is 9.59 Å². The zero-order chi connectivity index (χ0) is 42.8. The average Bonchev–Trinajstić information content (AvgIpc) is 3.49. The van der Waals surface area contributed by atoms with E-state index in [1.165, 1.54) is 0 Å². The van der Waals surface area contributed by atoms with Gasteiger partial charge in [0.15, 0.2) is 0 Å². The van der Waals surface area contributed by atoms with Crippen LogP contribution in [0.3, 0.4) is 0 Å². The highest BCUT2D eigenvalue weighted by Gasteiger charge is 2.50. The normalized spacial score (nSPS) is 13.0. The minimum Gasteiger partial charge on any atom is -0.350 e. The summed E-state index contributed by atoms with van der Waals surface area (Å²) >= 11 is 13.4. The largest absolute Gasteiger partial charge is 0.350 e. The van der Waals surface area contributed by atoms with Crippen molar-refractivity contribution in [3.05, 3.63) is 130 Å². The van der Waals surface area contributed by atoms with E-state index in [-0.39, 0.29) is 11.8 Å². The molecule has 1 aliphatic carbocycles. The summed E-state index contributed by atoms with van der Waals surface area (Å²) < 4.78 is 14.4. The number of carbonyl (C=O) groups is 2. The van der Waals surface area contributed by atoms with E-state index in [0.717, 1.165) is 56.4 Å². The fraction of sp³-hybridized carbons (Fsp3) is 0.261. The number of nitrogens with zero attached hydrogens (tertiary/aromatic N) is 6. The third kappa shape index (κ3) is 8.54. The SMILES string of the molecule is Cc1nc(-c2c(Cl)c3ccccc3n2-c2ccc(CN)cc2)no1.Cc1nc(-c2c(Cl)c3ccccc3n2-c2ccc(CNC(=O)C3(NC(=O)CCC(C)C)CC3)cc2)no1. The fourth-order valence-corrected chi connectivity index (χ4v) is 7.96. The summed E-state index contributed by atoms with van der Waals surface area (Å²) in [5.74, 6) is 2.10. The number of benzene rings is 4. The molecule has 61 heavy (non-hydrogen) atoms. The minimum absolute atomic E-state index is 0.0593. The van der Waals surface area contributed by atoms with Gasteiger partial charge in [-0.25, -0.2) is 0 Å². The third-order valence-electron chi connectivity index (χ3n) is 10.7. The number of nitrogens with one attached hydrogen (secondary N) is 2. The van der Waals surface area contributed by atoms with Crippen molar-refractivity contribution in [3.8, 4) is 34.4 Å². The van der Waals surface area contributed by atoms with Crippen LogP contribution in [0.1, 0.15) is 62.4 Å². The summed E-state index contributed by atoms with van der Waals surface area (Å²) in [6.45, 7) is 8.53. The lowest BCUT2D eigenvalue weighted by atomic mass is 10.1. The standard InChI is InChI=1S/C28H30ClN5O3.C18H15ClN4O/c1-17(2)8-13-23(35)32-28(14-15-28)27(36)30-16-19-9-11-20(12-10-19)34-22-7-5-4-6-21(22)24(29)25(34)26-31-18(3)37-33-26;1-11-21-18(22-24-11)17-16(19)14-4-2-3-5-15(14)23(17)13-8-6-12(10-20)7-9-13/h4-7,9-12,17H,8,13-16H2,1-3H3,(H,30,36)(H,32,35);2-9H,10,20H2,1H3. The molecule has 0 saturated heterocycles. The Hall–Kier alpha value is -6.28. The van der Waals surface area contributed by atoms with Gasteiger partial charge in [0.05, 0.1) is 21.1 Å². The Balaban J connectivity index is 0.000000184. The maximum atomic E-state index is 12.8. The van der Waals surface area contributed by atoms with Gasteiger partial charge in [-0.1, -0.05) is 108 Å². The van der Waals surface area contributed by atoms with Gasteiger partial charge in [0.25, 0.3) is 0 Å². The number of amides is 2. The van der Waals surface area contributed by atoms with Crippen LogP contribution in [0.5, 0.6) is 0 Å². The third-order valence-corrected chi connectivity index (χ3v) is 11.5. The Morgan fingerprint density at radius 1 is 0.738 bits per heavy atom. The second-order valence-electron chi connectivity index (χ2n) is 15.6. The van der Waals surface area contributed by atoms with Gasteiger partial charge in [0.2, 0.25) is 35.2 Å². The molecule has 4 N–H and O–H groups in total. The fourth-order valence-electron chi connectivity index (χ4n) is 7.30. The van der Waals surface area contributed by atoms with Crippen LogP contribution in [0.2, 0.25) is 10.0 Å². The number of rotatable bonds is 12. The number of hydrogen-bond donors (Lipinski definition) is 3. The van der Waals surface area contributed by atoms with Gasteiger partial charge in [0, 0.05) is 55.5 Å². The van der Waals surface area contributed by atoms with E-state index in [4.69, 9.17) is 38.0 Å². The number of aryl methyl sites for hydroxylation is 2. The maximum Gasteiger partial charge on any atom is 0.246 e. The molecule has 0 spiro atoms. The summed E-state index contributed by atoms with van der Waals surface area (Å²) in [4.78, 5) is 33.9. The number of fused-ring (bicyclic) bond motifs is 2. The van der Waals surface area contributed by atoms with Crippen LogP contribution in [0.25, 0.3) is 56.2 Å². The van der Waals surface area contributed by atoms with Crippen LogP contribution >= 0.6 is 23.2 Å². The molecule has 4 aromatic heterocycles. The molecular formula is C46H45Cl2N9O4. The van der Waals surface area contributed by atoms with Crippen LogP contribution in [0.4, 0.5) is 0 Å². The second-order valence-corrected chi connectivity index (χ2v) is 16.3. The highest BCUT2D eigenvalue weighted by Crippen LogP contribution is 2.40. The molecule has 0 unspecified atom stereocenters. The molecule has 0 bridgehead atoms. The molecule has 8 aromatic rings. The number of para-hydroxylation sites is 2. The van der Waals surface area contributed by atoms with E-state index in [0.29, 0.717) is 77.4 Å². The van der Waals surface area contributed by atoms with Crippen LogP contribution in [0, 0.1) is 19.8 Å². The molecule has 2 amide bonds. The van der Waals surface area contributed by atoms with E-state index in [9.17, 15) is 9.59 Å². The van der Waals surface area contributed by atoms with Crippen molar-refractivity contribution in [1.29, 1.82) is 0 Å². The molecule has 1 aliphatic rings. The first kappa shape index (κ1) is 41.5. The molecule has 13 nitrogen and oxygen atoms in total. The van der Waals surface area contributed by atoms with E-state index in [1.807, 2.05) is 106 Å². The smallest absolute Gasteiger partial charge is 0.246 e. The summed E-state index contributed by atoms with van der Waals surface area (Å²) in [6, 6.07) is 31.7. The summed E-state index contributed by atoms with van der Waals surface area (Å²) in [5, 5.41) is 17.1. The number of hydrogen-bond acceptors (Lipinski definition) is 9. The first-order chi connectivity index (χ1) is 29.5. The quantitative estimate of drug-likeness (QED) is 0.108.